The number of anilines is 1. The fourth-order valence-corrected chi connectivity index (χ4v) is 3.15. The molecule has 1 aromatic carbocycles. The van der Waals surface area contributed by atoms with Crippen LogP contribution in [-0.4, -0.2) is 20.7 Å². The van der Waals surface area contributed by atoms with E-state index in [4.69, 9.17) is 0 Å². The highest BCUT2D eigenvalue weighted by atomic mass is 16.2. The molecular weight excluding hydrogens is 264 g/mol. The minimum Gasteiger partial charge on any atom is -0.297 e. The van der Waals surface area contributed by atoms with E-state index < -0.39 is 0 Å². The third-order valence-corrected chi connectivity index (χ3v) is 4.60. The Morgan fingerprint density at radius 1 is 1.14 bits per heavy atom. The Labute approximate surface area is 123 Å². The lowest BCUT2D eigenvalue weighted by Crippen LogP contribution is -2.29. The van der Waals surface area contributed by atoms with E-state index in [1.54, 1.807) is 0 Å². The first-order valence-corrected chi connectivity index (χ1v) is 7.59. The molecular formula is C16H18N4O. The van der Waals surface area contributed by atoms with Gasteiger partial charge in [-0.15, -0.1) is 10.2 Å². The first-order valence-electron chi connectivity index (χ1n) is 7.59. The van der Waals surface area contributed by atoms with Crippen molar-refractivity contribution in [3.05, 3.63) is 41.7 Å². The zero-order chi connectivity index (χ0) is 14.3. The summed E-state index contributed by atoms with van der Waals surface area (Å²) in [6, 6.07) is 10.0. The SMILES string of the molecule is O=C(Nc1nnc2n1CCCC2)C1(c2ccccc2)CC1. The summed E-state index contributed by atoms with van der Waals surface area (Å²) in [5.41, 5.74) is 0.739. The summed E-state index contributed by atoms with van der Waals surface area (Å²) in [5, 5.41) is 11.3. The molecule has 0 radical (unpaired) electrons. The van der Waals surface area contributed by atoms with Crippen LogP contribution in [-0.2, 0) is 23.2 Å². The van der Waals surface area contributed by atoms with Crippen LogP contribution in [0.5, 0.6) is 0 Å². The topological polar surface area (TPSA) is 59.8 Å². The van der Waals surface area contributed by atoms with E-state index in [0.29, 0.717) is 5.95 Å². The van der Waals surface area contributed by atoms with Crippen molar-refractivity contribution in [3.8, 4) is 0 Å². The molecule has 5 nitrogen and oxygen atoms in total. The lowest BCUT2D eigenvalue weighted by molar-refractivity contribution is -0.118. The van der Waals surface area contributed by atoms with Gasteiger partial charge in [-0.1, -0.05) is 30.3 Å². The predicted octanol–water partition coefficient (Wildman–Crippen LogP) is 2.28. The van der Waals surface area contributed by atoms with E-state index in [9.17, 15) is 4.79 Å². The molecule has 0 saturated heterocycles. The van der Waals surface area contributed by atoms with Gasteiger partial charge in [-0.05, 0) is 31.2 Å². The molecule has 2 aromatic rings. The third kappa shape index (κ3) is 2.04. The number of aryl methyl sites for hydroxylation is 1. The number of nitrogens with one attached hydrogen (secondary N) is 1. The Bertz CT molecular complexity index is 673. The van der Waals surface area contributed by atoms with Gasteiger partial charge in [0.15, 0.2) is 0 Å². The molecule has 4 rings (SSSR count). The molecule has 0 atom stereocenters. The molecule has 1 aliphatic heterocycles. The molecule has 2 heterocycles. The maximum absolute atomic E-state index is 12.7. The fraction of sp³-hybridized carbons (Fsp3) is 0.438. The molecule has 1 aliphatic carbocycles. The molecule has 5 heteroatoms. The van der Waals surface area contributed by atoms with Crippen molar-refractivity contribution in [2.75, 3.05) is 5.32 Å². The second-order valence-corrected chi connectivity index (χ2v) is 5.95. The van der Waals surface area contributed by atoms with Gasteiger partial charge >= 0.3 is 0 Å². The number of aromatic nitrogens is 3. The van der Waals surface area contributed by atoms with E-state index in [-0.39, 0.29) is 11.3 Å². The van der Waals surface area contributed by atoms with Crippen LogP contribution >= 0.6 is 0 Å². The van der Waals surface area contributed by atoms with E-state index in [2.05, 4.69) is 15.5 Å². The standard InChI is InChI=1S/C16H18N4O/c21-14(16(9-10-16)12-6-2-1-3-7-12)17-15-19-18-13-8-4-5-11-20(13)15/h1-3,6-7H,4-5,8-11H2,(H,17,19,21). The van der Waals surface area contributed by atoms with Crippen LogP contribution in [0.25, 0.3) is 0 Å². The van der Waals surface area contributed by atoms with Crippen LogP contribution in [0.1, 0.15) is 37.1 Å². The maximum Gasteiger partial charge on any atom is 0.237 e. The van der Waals surface area contributed by atoms with Crippen LogP contribution < -0.4 is 5.32 Å². The Kier molecular flexibility index (Phi) is 2.80. The van der Waals surface area contributed by atoms with E-state index in [1.807, 2.05) is 34.9 Å². The Hall–Kier alpha value is -2.17. The normalized spacial score (nSPS) is 18.9. The highest BCUT2D eigenvalue weighted by Crippen LogP contribution is 2.48. The minimum absolute atomic E-state index is 0.0504. The molecule has 0 unspecified atom stereocenters. The molecule has 1 N–H and O–H groups in total. The second kappa shape index (κ2) is 4.69. The number of fused-ring (bicyclic) bond motifs is 1. The molecule has 2 aliphatic rings. The van der Waals surface area contributed by atoms with E-state index >= 15 is 0 Å². The van der Waals surface area contributed by atoms with Gasteiger partial charge in [0.1, 0.15) is 5.82 Å². The number of nitrogens with zero attached hydrogens (tertiary/aromatic N) is 3. The van der Waals surface area contributed by atoms with Gasteiger partial charge < -0.3 is 0 Å². The Morgan fingerprint density at radius 3 is 2.71 bits per heavy atom. The molecule has 1 fully saturated rings. The molecule has 0 bridgehead atoms. The van der Waals surface area contributed by atoms with Crippen LogP contribution in [0.2, 0.25) is 0 Å². The van der Waals surface area contributed by atoms with Crippen molar-refractivity contribution in [1.82, 2.24) is 14.8 Å². The minimum atomic E-state index is -0.359. The number of amides is 1. The average Bonchev–Trinajstić information content (AvgIpc) is 3.26. The summed E-state index contributed by atoms with van der Waals surface area (Å²) in [5.74, 6) is 1.65. The number of rotatable bonds is 3. The number of carbonyl (C=O) groups excluding carboxylic acids is 1. The first-order chi connectivity index (χ1) is 10.3. The van der Waals surface area contributed by atoms with Crippen molar-refractivity contribution in [3.63, 3.8) is 0 Å². The lowest BCUT2D eigenvalue weighted by atomic mass is 9.95. The summed E-state index contributed by atoms with van der Waals surface area (Å²) < 4.78 is 2.04. The van der Waals surface area contributed by atoms with Gasteiger partial charge in [0, 0.05) is 13.0 Å². The van der Waals surface area contributed by atoms with Crippen molar-refractivity contribution < 1.29 is 4.79 Å². The van der Waals surface area contributed by atoms with Crippen molar-refractivity contribution in [1.29, 1.82) is 0 Å². The third-order valence-electron chi connectivity index (χ3n) is 4.60. The summed E-state index contributed by atoms with van der Waals surface area (Å²) in [4.78, 5) is 12.7. The van der Waals surface area contributed by atoms with Crippen LogP contribution in [0.15, 0.2) is 30.3 Å². The van der Waals surface area contributed by atoms with Gasteiger partial charge in [-0.2, -0.15) is 0 Å². The largest absolute Gasteiger partial charge is 0.297 e. The molecule has 0 spiro atoms. The van der Waals surface area contributed by atoms with E-state index in [1.165, 1.54) is 0 Å². The highest BCUT2D eigenvalue weighted by Gasteiger charge is 2.51. The van der Waals surface area contributed by atoms with E-state index in [0.717, 1.165) is 50.0 Å². The second-order valence-electron chi connectivity index (χ2n) is 5.95. The molecule has 1 amide bonds. The van der Waals surface area contributed by atoms with Crippen molar-refractivity contribution >= 4 is 11.9 Å². The Balaban J connectivity index is 1.58. The highest BCUT2D eigenvalue weighted by molar-refractivity contribution is 6.00. The predicted molar refractivity (Wildman–Crippen MR) is 78.9 cm³/mol. The summed E-state index contributed by atoms with van der Waals surface area (Å²) in [6.45, 7) is 0.899. The average molecular weight is 282 g/mol. The smallest absolute Gasteiger partial charge is 0.237 e. The van der Waals surface area contributed by atoms with Crippen LogP contribution in [0.4, 0.5) is 5.95 Å². The number of hydrogen-bond acceptors (Lipinski definition) is 3. The summed E-state index contributed by atoms with van der Waals surface area (Å²) >= 11 is 0. The zero-order valence-corrected chi connectivity index (χ0v) is 11.9. The van der Waals surface area contributed by atoms with Gasteiger partial charge in [0.05, 0.1) is 5.41 Å². The van der Waals surface area contributed by atoms with Crippen molar-refractivity contribution in [2.24, 2.45) is 0 Å². The number of carbonyl (C=O) groups is 1. The van der Waals surface area contributed by atoms with Gasteiger partial charge in [0.25, 0.3) is 0 Å². The molecule has 21 heavy (non-hydrogen) atoms. The molecule has 1 saturated carbocycles. The molecule has 1 aromatic heterocycles. The van der Waals surface area contributed by atoms with Crippen LogP contribution in [0.3, 0.4) is 0 Å². The summed E-state index contributed by atoms with van der Waals surface area (Å²) in [6.07, 6.45) is 5.04. The van der Waals surface area contributed by atoms with Gasteiger partial charge in [0.2, 0.25) is 11.9 Å². The maximum atomic E-state index is 12.7. The number of benzene rings is 1. The van der Waals surface area contributed by atoms with Gasteiger partial charge in [-0.3, -0.25) is 14.7 Å². The number of hydrogen-bond donors (Lipinski definition) is 1. The monoisotopic (exact) mass is 282 g/mol. The zero-order valence-electron chi connectivity index (χ0n) is 11.9. The van der Waals surface area contributed by atoms with Crippen LogP contribution in [0, 0.1) is 0 Å². The van der Waals surface area contributed by atoms with Crippen molar-refractivity contribution in [2.45, 2.75) is 44.1 Å². The fourth-order valence-electron chi connectivity index (χ4n) is 3.15. The quantitative estimate of drug-likeness (QED) is 0.939. The van der Waals surface area contributed by atoms with Gasteiger partial charge in [-0.25, -0.2) is 0 Å². The first kappa shape index (κ1) is 12.6. The molecule has 108 valence electrons. The summed E-state index contributed by atoms with van der Waals surface area (Å²) in [7, 11) is 0. The Morgan fingerprint density at radius 2 is 1.95 bits per heavy atom. The lowest BCUT2D eigenvalue weighted by Gasteiger charge is -2.18.